The molecule has 1 fully saturated rings. The van der Waals surface area contributed by atoms with Crippen LogP contribution < -0.4 is 10.0 Å². The Morgan fingerprint density at radius 3 is 2.89 bits per heavy atom. The zero-order chi connectivity index (χ0) is 13.2. The maximum absolute atomic E-state index is 11.9. The Morgan fingerprint density at radius 1 is 1.42 bits per heavy atom. The van der Waals surface area contributed by atoms with Crippen molar-refractivity contribution in [3.05, 3.63) is 35.4 Å². The number of oxazole rings is 1. The van der Waals surface area contributed by atoms with Gasteiger partial charge in [0.05, 0.1) is 6.42 Å². The topological polar surface area (TPSA) is 69.2 Å². The van der Waals surface area contributed by atoms with Crippen LogP contribution in [0.15, 0.2) is 28.7 Å². The van der Waals surface area contributed by atoms with Crippen LogP contribution in [-0.4, -0.2) is 12.5 Å². The van der Waals surface area contributed by atoms with E-state index in [1.807, 2.05) is 6.07 Å². The van der Waals surface area contributed by atoms with Gasteiger partial charge in [0.15, 0.2) is 0 Å². The van der Waals surface area contributed by atoms with Crippen LogP contribution in [0.25, 0.3) is 11.1 Å². The summed E-state index contributed by atoms with van der Waals surface area (Å²) >= 11 is 0. The van der Waals surface area contributed by atoms with E-state index in [1.54, 1.807) is 18.2 Å². The molecule has 0 bridgehead atoms. The lowest BCUT2D eigenvalue weighted by Crippen LogP contribution is -2.37. The summed E-state index contributed by atoms with van der Waals surface area (Å²) in [5.74, 6) is 0.616. The molecule has 1 heterocycles. The van der Waals surface area contributed by atoms with Gasteiger partial charge in [0, 0.05) is 18.5 Å². The zero-order valence-electron chi connectivity index (χ0n) is 10.6. The van der Waals surface area contributed by atoms with E-state index in [9.17, 15) is 10.0 Å². The van der Waals surface area contributed by atoms with Crippen molar-refractivity contribution in [2.24, 2.45) is 5.92 Å². The minimum Gasteiger partial charge on any atom is -0.616 e. The molecule has 1 aliphatic carbocycles. The molecule has 1 amide bonds. The molecule has 1 saturated carbocycles. The van der Waals surface area contributed by atoms with Crippen molar-refractivity contribution in [2.75, 3.05) is 6.54 Å². The SMILES string of the molecule is O=C(NCCc1oc2ccccc2[n+]1[O-])C1CCC1. The monoisotopic (exact) mass is 260 g/mol. The smallest absolute Gasteiger partial charge is 0.361 e. The number of rotatable bonds is 4. The quantitative estimate of drug-likeness (QED) is 0.669. The van der Waals surface area contributed by atoms with Gasteiger partial charge in [0.1, 0.15) is 0 Å². The van der Waals surface area contributed by atoms with Crippen LogP contribution in [0, 0.1) is 11.1 Å². The number of benzene rings is 1. The van der Waals surface area contributed by atoms with Gasteiger partial charge in [-0.05, 0) is 18.9 Å². The Hall–Kier alpha value is -2.04. The molecule has 1 aliphatic rings. The van der Waals surface area contributed by atoms with E-state index in [4.69, 9.17) is 4.42 Å². The first-order chi connectivity index (χ1) is 9.25. The molecule has 19 heavy (non-hydrogen) atoms. The molecular formula is C14H16N2O3. The number of hydrogen-bond acceptors (Lipinski definition) is 3. The fraction of sp³-hybridized carbons (Fsp3) is 0.429. The Bertz CT molecular complexity index is 602. The maximum atomic E-state index is 11.9. The first-order valence-corrected chi connectivity index (χ1v) is 6.63. The Balaban J connectivity index is 1.62. The normalized spacial score (nSPS) is 15.4. The molecule has 2 aromatic rings. The summed E-state index contributed by atoms with van der Waals surface area (Å²) in [6.07, 6.45) is 3.52. The highest BCUT2D eigenvalue weighted by molar-refractivity contribution is 5.79. The van der Waals surface area contributed by atoms with E-state index < -0.39 is 0 Å². The Kier molecular flexibility index (Phi) is 3.11. The van der Waals surface area contributed by atoms with Crippen molar-refractivity contribution >= 4 is 17.0 Å². The average molecular weight is 260 g/mol. The van der Waals surface area contributed by atoms with Crippen LogP contribution in [0.2, 0.25) is 0 Å². The van der Waals surface area contributed by atoms with Crippen LogP contribution in [0.5, 0.6) is 0 Å². The van der Waals surface area contributed by atoms with Crippen LogP contribution >= 0.6 is 0 Å². The number of fused-ring (bicyclic) bond motifs is 1. The third kappa shape index (κ3) is 2.28. The number of carbonyl (C=O) groups is 1. The molecule has 0 radical (unpaired) electrons. The number of hydrogen-bond donors (Lipinski definition) is 1. The van der Waals surface area contributed by atoms with E-state index in [0.717, 1.165) is 24.0 Å². The fourth-order valence-corrected chi connectivity index (χ4v) is 2.27. The molecule has 0 unspecified atom stereocenters. The molecule has 0 spiro atoms. The van der Waals surface area contributed by atoms with Crippen molar-refractivity contribution in [3.63, 3.8) is 0 Å². The van der Waals surface area contributed by atoms with Gasteiger partial charge in [-0.2, -0.15) is 0 Å². The maximum Gasteiger partial charge on any atom is 0.361 e. The van der Waals surface area contributed by atoms with Gasteiger partial charge in [-0.1, -0.05) is 18.6 Å². The summed E-state index contributed by atoms with van der Waals surface area (Å²) < 4.78 is 6.28. The second kappa shape index (κ2) is 4.91. The lowest BCUT2D eigenvalue weighted by Gasteiger charge is -2.23. The molecular weight excluding hydrogens is 244 g/mol. The third-order valence-corrected chi connectivity index (χ3v) is 3.65. The Morgan fingerprint density at radius 2 is 2.21 bits per heavy atom. The second-order valence-corrected chi connectivity index (χ2v) is 4.93. The first-order valence-electron chi connectivity index (χ1n) is 6.63. The van der Waals surface area contributed by atoms with Crippen molar-refractivity contribution in [3.8, 4) is 0 Å². The highest BCUT2D eigenvalue weighted by Gasteiger charge is 2.25. The van der Waals surface area contributed by atoms with Crippen LogP contribution in [0.1, 0.15) is 25.2 Å². The minimum atomic E-state index is 0.0970. The number of nitrogens with zero attached hydrogens (tertiary/aromatic N) is 1. The van der Waals surface area contributed by atoms with Crippen molar-refractivity contribution in [2.45, 2.75) is 25.7 Å². The number of aromatic nitrogens is 1. The molecule has 5 heteroatoms. The van der Waals surface area contributed by atoms with Gasteiger partial charge < -0.3 is 14.9 Å². The molecule has 1 aromatic heterocycles. The average Bonchev–Trinajstić information content (AvgIpc) is 2.65. The number of amides is 1. The molecule has 1 aromatic carbocycles. The summed E-state index contributed by atoms with van der Waals surface area (Å²) in [6, 6.07) is 7.12. The fourth-order valence-electron chi connectivity index (χ4n) is 2.27. The zero-order valence-corrected chi connectivity index (χ0v) is 10.6. The lowest BCUT2D eigenvalue weighted by molar-refractivity contribution is -0.592. The predicted octanol–water partition coefficient (Wildman–Crippen LogP) is 1.52. The van der Waals surface area contributed by atoms with E-state index >= 15 is 0 Å². The molecule has 0 aliphatic heterocycles. The van der Waals surface area contributed by atoms with Gasteiger partial charge in [0.25, 0.3) is 5.52 Å². The van der Waals surface area contributed by atoms with Crippen LogP contribution in [0.3, 0.4) is 0 Å². The van der Waals surface area contributed by atoms with Gasteiger partial charge in [-0.25, -0.2) is 0 Å². The predicted molar refractivity (Wildman–Crippen MR) is 69.2 cm³/mol. The van der Waals surface area contributed by atoms with E-state index in [0.29, 0.717) is 30.0 Å². The second-order valence-electron chi connectivity index (χ2n) is 4.93. The highest BCUT2D eigenvalue weighted by Crippen LogP contribution is 2.26. The molecule has 100 valence electrons. The first kappa shape index (κ1) is 12.0. The summed E-state index contributed by atoms with van der Waals surface area (Å²) in [5, 5.41) is 14.8. The van der Waals surface area contributed by atoms with Crippen LogP contribution in [0.4, 0.5) is 0 Å². The van der Waals surface area contributed by atoms with Gasteiger partial charge in [0.2, 0.25) is 11.5 Å². The molecule has 0 atom stereocenters. The van der Waals surface area contributed by atoms with E-state index in [1.165, 1.54) is 0 Å². The van der Waals surface area contributed by atoms with Crippen molar-refractivity contribution in [1.29, 1.82) is 0 Å². The van der Waals surface area contributed by atoms with Crippen molar-refractivity contribution in [1.82, 2.24) is 5.32 Å². The number of nitrogens with one attached hydrogen (secondary N) is 1. The number of carbonyl (C=O) groups excluding carboxylic acids is 1. The molecule has 3 rings (SSSR count). The summed E-state index contributed by atoms with van der Waals surface area (Å²) in [5.41, 5.74) is 1.11. The van der Waals surface area contributed by atoms with Gasteiger partial charge >= 0.3 is 5.89 Å². The van der Waals surface area contributed by atoms with E-state index in [-0.39, 0.29) is 11.8 Å². The summed E-state index contributed by atoms with van der Waals surface area (Å²) in [4.78, 5) is 11.6. The summed E-state index contributed by atoms with van der Waals surface area (Å²) in [7, 11) is 0. The number of para-hydroxylation sites is 2. The van der Waals surface area contributed by atoms with Gasteiger partial charge in [-0.3, -0.25) is 4.79 Å². The highest BCUT2D eigenvalue weighted by atomic mass is 16.5. The molecule has 0 saturated heterocycles. The minimum absolute atomic E-state index is 0.0970. The van der Waals surface area contributed by atoms with E-state index in [2.05, 4.69) is 5.32 Å². The largest absolute Gasteiger partial charge is 0.616 e. The lowest BCUT2D eigenvalue weighted by atomic mass is 9.85. The Labute approximate surface area is 110 Å². The molecule has 1 N–H and O–H groups in total. The van der Waals surface area contributed by atoms with Crippen molar-refractivity contribution < 1.29 is 13.9 Å². The standard InChI is InChI=1S/C14H16N2O3/c17-14(10-4-3-5-10)15-9-8-13-16(18)11-6-1-2-7-12(11)19-13/h1-2,6-7,10H,3-5,8-9H2,(H,15,17). The molecule has 5 nitrogen and oxygen atoms in total. The third-order valence-electron chi connectivity index (χ3n) is 3.65. The van der Waals surface area contributed by atoms with Gasteiger partial charge in [-0.15, -0.1) is 4.73 Å². The van der Waals surface area contributed by atoms with Crippen LogP contribution in [-0.2, 0) is 11.2 Å². The summed E-state index contributed by atoms with van der Waals surface area (Å²) in [6.45, 7) is 0.442.